The third-order valence-corrected chi connectivity index (χ3v) is 9.79. The van der Waals surface area contributed by atoms with Crippen LogP contribution in [0.4, 0.5) is 5.69 Å². The van der Waals surface area contributed by atoms with Crippen molar-refractivity contribution in [3.8, 4) is 11.3 Å². The second-order valence-corrected chi connectivity index (χ2v) is 13.1. The van der Waals surface area contributed by atoms with Crippen molar-refractivity contribution in [2.45, 2.75) is 39.2 Å². The smallest absolute Gasteiger partial charge is 0.339 e. The van der Waals surface area contributed by atoms with E-state index in [1.807, 2.05) is 44.2 Å². The summed E-state index contributed by atoms with van der Waals surface area (Å²) in [6.07, 6.45) is 5.18. The van der Waals surface area contributed by atoms with Gasteiger partial charge in [0.15, 0.2) is 6.10 Å². The highest BCUT2D eigenvalue weighted by Crippen LogP contribution is 2.53. The number of carbonyl (C=O) groups excluding carboxylic acids is 4. The van der Waals surface area contributed by atoms with Gasteiger partial charge in [-0.15, -0.1) is 0 Å². The van der Waals surface area contributed by atoms with E-state index in [-0.39, 0.29) is 41.3 Å². The lowest BCUT2D eigenvalue weighted by Gasteiger charge is -2.19. The zero-order chi connectivity index (χ0) is 31.4. The van der Waals surface area contributed by atoms with Crippen molar-refractivity contribution in [2.75, 3.05) is 4.90 Å². The van der Waals surface area contributed by atoms with Gasteiger partial charge < -0.3 is 4.74 Å². The molecule has 2 heterocycles. The van der Waals surface area contributed by atoms with Crippen LogP contribution >= 0.6 is 15.9 Å². The van der Waals surface area contributed by atoms with E-state index in [4.69, 9.17) is 9.72 Å². The number of hydrogen-bond donors (Lipinski definition) is 0. The van der Waals surface area contributed by atoms with E-state index in [2.05, 4.69) is 28.1 Å². The molecule has 2 aliphatic carbocycles. The Morgan fingerprint density at radius 3 is 2.27 bits per heavy atom. The first-order chi connectivity index (χ1) is 21.7. The van der Waals surface area contributed by atoms with Gasteiger partial charge in [-0.3, -0.25) is 19.3 Å². The lowest BCUT2D eigenvalue weighted by Crippen LogP contribution is -2.32. The number of pyridine rings is 1. The minimum atomic E-state index is -0.926. The zero-order valence-electron chi connectivity index (χ0n) is 24.9. The monoisotopic (exact) mass is 662 g/mol. The summed E-state index contributed by atoms with van der Waals surface area (Å²) in [4.78, 5) is 60.0. The maximum atomic E-state index is 13.8. The third kappa shape index (κ3) is 5.01. The van der Waals surface area contributed by atoms with Crippen LogP contribution in [0.3, 0.4) is 0 Å². The van der Waals surface area contributed by atoms with Crippen molar-refractivity contribution >= 4 is 56.1 Å². The number of hydrogen-bond acceptors (Lipinski definition) is 6. The van der Waals surface area contributed by atoms with Crippen LogP contribution < -0.4 is 4.90 Å². The van der Waals surface area contributed by atoms with Crippen molar-refractivity contribution in [3.05, 3.63) is 106 Å². The topological polar surface area (TPSA) is 93.6 Å². The number of Topliss-reactive ketones (excluding diaryl/α,β-unsaturated/α-hetero) is 1. The molecule has 3 aromatic carbocycles. The molecule has 3 aliphatic rings. The fraction of sp³-hybridized carbons (Fsp3) is 0.270. The maximum Gasteiger partial charge on any atom is 0.339 e. The summed E-state index contributed by atoms with van der Waals surface area (Å²) in [5.41, 5.74) is 4.06. The molecule has 5 atom stereocenters. The molecule has 2 bridgehead atoms. The highest BCUT2D eigenvalue weighted by Gasteiger charge is 2.59. The van der Waals surface area contributed by atoms with E-state index < -0.39 is 12.1 Å². The van der Waals surface area contributed by atoms with Crippen molar-refractivity contribution in [1.82, 2.24) is 4.98 Å². The Kier molecular flexibility index (Phi) is 7.48. The minimum Gasteiger partial charge on any atom is -0.450 e. The maximum absolute atomic E-state index is 13.8. The van der Waals surface area contributed by atoms with Crippen LogP contribution in [0, 0.1) is 30.6 Å². The summed E-state index contributed by atoms with van der Waals surface area (Å²) in [6, 6.07) is 21.4. The molecule has 226 valence electrons. The van der Waals surface area contributed by atoms with Gasteiger partial charge in [-0.2, -0.15) is 0 Å². The number of halogens is 1. The summed E-state index contributed by atoms with van der Waals surface area (Å²) in [6.45, 7) is 3.87. The molecule has 45 heavy (non-hydrogen) atoms. The number of nitrogens with zero attached hydrogens (tertiary/aromatic N) is 2. The van der Waals surface area contributed by atoms with E-state index in [1.165, 1.54) is 4.90 Å². The SMILES string of the molecule is CCCC(OC(=O)c1cc(-c2ccc(N3C(=O)C4C5C=CC(C5)C4C3=O)cc2)nc2c(C)cc(Br)cc12)C(=O)c1ccccc1. The molecule has 7 nitrogen and oxygen atoms in total. The number of benzene rings is 3. The van der Waals surface area contributed by atoms with Crippen LogP contribution in [0.2, 0.25) is 0 Å². The summed E-state index contributed by atoms with van der Waals surface area (Å²) in [5, 5.41) is 0.609. The summed E-state index contributed by atoms with van der Waals surface area (Å²) in [5.74, 6) is -1.36. The number of amides is 2. The highest BCUT2D eigenvalue weighted by molar-refractivity contribution is 9.10. The predicted molar refractivity (Wildman–Crippen MR) is 175 cm³/mol. The molecular weight excluding hydrogens is 632 g/mol. The molecule has 1 aromatic heterocycles. The van der Waals surface area contributed by atoms with E-state index in [1.54, 1.807) is 42.5 Å². The van der Waals surface area contributed by atoms with Gasteiger partial charge in [-0.05, 0) is 67.5 Å². The van der Waals surface area contributed by atoms with E-state index in [0.29, 0.717) is 51.8 Å². The van der Waals surface area contributed by atoms with Crippen LogP contribution in [0.1, 0.15) is 52.5 Å². The molecular formula is C37H31BrN2O5. The van der Waals surface area contributed by atoms with Crippen LogP contribution in [0.15, 0.2) is 89.4 Å². The number of aromatic nitrogens is 1. The molecule has 8 heteroatoms. The lowest BCUT2D eigenvalue weighted by atomic mass is 9.85. The number of imide groups is 1. The third-order valence-electron chi connectivity index (χ3n) is 9.33. The van der Waals surface area contributed by atoms with Crippen molar-refractivity contribution in [3.63, 3.8) is 0 Å². The summed E-state index contributed by atoms with van der Waals surface area (Å²) in [7, 11) is 0. The number of ether oxygens (including phenoxy) is 1. The number of esters is 1. The highest BCUT2D eigenvalue weighted by atomic mass is 79.9. The lowest BCUT2D eigenvalue weighted by molar-refractivity contribution is -0.123. The van der Waals surface area contributed by atoms with Gasteiger partial charge in [0, 0.05) is 21.0 Å². The van der Waals surface area contributed by atoms with E-state index >= 15 is 0 Å². The average molecular weight is 664 g/mol. The Bertz CT molecular complexity index is 1870. The molecule has 7 rings (SSSR count). The number of anilines is 1. The first kappa shape index (κ1) is 29.3. The number of fused-ring (bicyclic) bond motifs is 6. The first-order valence-corrected chi connectivity index (χ1v) is 16.1. The molecule has 4 aromatic rings. The fourth-order valence-corrected chi connectivity index (χ4v) is 7.77. The van der Waals surface area contributed by atoms with E-state index in [0.717, 1.165) is 16.5 Å². The largest absolute Gasteiger partial charge is 0.450 e. The average Bonchev–Trinajstić information content (AvgIpc) is 3.74. The Balaban J connectivity index is 1.22. The minimum absolute atomic E-state index is 0.128. The Labute approximate surface area is 269 Å². The summed E-state index contributed by atoms with van der Waals surface area (Å²) >= 11 is 3.54. The number of aryl methyl sites for hydroxylation is 1. The van der Waals surface area contributed by atoms with Gasteiger partial charge in [0.1, 0.15) is 0 Å². The fourth-order valence-electron chi connectivity index (χ4n) is 7.20. The Morgan fingerprint density at radius 2 is 1.62 bits per heavy atom. The number of carbonyl (C=O) groups is 4. The van der Waals surface area contributed by atoms with Crippen molar-refractivity contribution < 1.29 is 23.9 Å². The molecule has 1 saturated heterocycles. The van der Waals surface area contributed by atoms with E-state index in [9.17, 15) is 19.2 Å². The molecule has 1 saturated carbocycles. The normalized spacial score (nSPS) is 22.2. The summed E-state index contributed by atoms with van der Waals surface area (Å²) < 4.78 is 6.71. The van der Waals surface area contributed by atoms with Gasteiger partial charge in [0.05, 0.1) is 34.3 Å². The first-order valence-electron chi connectivity index (χ1n) is 15.3. The van der Waals surface area contributed by atoms with Gasteiger partial charge in [-0.1, -0.05) is 83.9 Å². The number of allylic oxidation sites excluding steroid dienone is 2. The molecule has 2 fully saturated rings. The van der Waals surface area contributed by atoms with Gasteiger partial charge >= 0.3 is 5.97 Å². The molecule has 0 spiro atoms. The van der Waals surface area contributed by atoms with Crippen LogP contribution in [0.5, 0.6) is 0 Å². The van der Waals surface area contributed by atoms with Crippen LogP contribution in [0.25, 0.3) is 22.2 Å². The van der Waals surface area contributed by atoms with Crippen LogP contribution in [-0.2, 0) is 14.3 Å². The van der Waals surface area contributed by atoms with Crippen molar-refractivity contribution in [2.24, 2.45) is 23.7 Å². The second-order valence-electron chi connectivity index (χ2n) is 12.1. The Hall–Kier alpha value is -4.43. The predicted octanol–water partition coefficient (Wildman–Crippen LogP) is 7.49. The van der Waals surface area contributed by atoms with Crippen molar-refractivity contribution in [1.29, 1.82) is 0 Å². The molecule has 0 radical (unpaired) electrons. The standard InChI is InChI=1S/C37H31BrN2O5/c1-3-7-30(34(41)22-8-5-4-6-9-22)45-37(44)28-19-29(39-33-20(2)16-25(38)18-27(28)33)21-12-14-26(15-13-21)40-35(42)31-23-10-11-24(17-23)32(31)36(40)43/h4-6,8-16,18-19,23-24,30-32H,3,7,17H2,1-2H3. The molecule has 0 N–H and O–H groups in total. The van der Waals surface area contributed by atoms with Gasteiger partial charge in [0.2, 0.25) is 17.6 Å². The molecule has 1 aliphatic heterocycles. The van der Waals surface area contributed by atoms with Crippen LogP contribution in [-0.4, -0.2) is 34.7 Å². The van der Waals surface area contributed by atoms with Gasteiger partial charge in [0.25, 0.3) is 0 Å². The second kappa shape index (κ2) is 11.5. The number of ketones is 1. The number of rotatable bonds is 8. The molecule has 5 unspecified atom stereocenters. The van der Waals surface area contributed by atoms with Gasteiger partial charge in [-0.25, -0.2) is 9.78 Å². The molecule has 2 amide bonds. The Morgan fingerprint density at radius 1 is 0.956 bits per heavy atom. The zero-order valence-corrected chi connectivity index (χ0v) is 26.5. The quantitative estimate of drug-likeness (QED) is 0.0840.